The lowest BCUT2D eigenvalue weighted by Gasteiger charge is -2.27. The third kappa shape index (κ3) is 6.62. The fourth-order valence-corrected chi connectivity index (χ4v) is 4.16. The van der Waals surface area contributed by atoms with Gasteiger partial charge in [-0.25, -0.2) is 9.78 Å². The predicted octanol–water partition coefficient (Wildman–Crippen LogP) is 7.03. The summed E-state index contributed by atoms with van der Waals surface area (Å²) in [7, 11) is 0. The van der Waals surface area contributed by atoms with E-state index in [1.165, 1.54) is 0 Å². The lowest BCUT2D eigenvalue weighted by Crippen LogP contribution is -2.43. The highest BCUT2D eigenvalue weighted by molar-refractivity contribution is 5.78. The van der Waals surface area contributed by atoms with Crippen molar-refractivity contribution in [1.29, 1.82) is 0 Å². The number of aromatic nitrogens is 1. The van der Waals surface area contributed by atoms with Gasteiger partial charge in [-0.2, -0.15) is 0 Å². The maximum Gasteiger partial charge on any atom is 0.348 e. The number of carboxylic acid groups (broad SMARTS) is 1. The van der Waals surface area contributed by atoms with Crippen molar-refractivity contribution in [3.8, 4) is 23.0 Å². The summed E-state index contributed by atoms with van der Waals surface area (Å²) in [5.74, 6) is 1.60. The van der Waals surface area contributed by atoms with Crippen LogP contribution in [0.2, 0.25) is 0 Å². The highest BCUT2D eigenvalue weighted by atomic mass is 16.5. The van der Waals surface area contributed by atoms with Crippen LogP contribution in [0.1, 0.15) is 50.3 Å². The van der Waals surface area contributed by atoms with Crippen LogP contribution in [0.25, 0.3) is 11.5 Å². The Morgan fingerprint density at radius 3 is 2.13 bits per heavy atom. The normalized spacial score (nSPS) is 13.1. The number of aryl methyl sites for hydroxylation is 1. The van der Waals surface area contributed by atoms with Crippen LogP contribution in [0.4, 0.5) is 0 Å². The van der Waals surface area contributed by atoms with E-state index in [0.29, 0.717) is 30.4 Å². The van der Waals surface area contributed by atoms with Gasteiger partial charge in [0.25, 0.3) is 0 Å². The molecule has 1 aromatic heterocycles. The van der Waals surface area contributed by atoms with Crippen molar-refractivity contribution in [3.05, 3.63) is 101 Å². The quantitative estimate of drug-likeness (QED) is 0.245. The first-order chi connectivity index (χ1) is 18.0. The molecule has 0 bridgehead atoms. The summed E-state index contributed by atoms with van der Waals surface area (Å²) in [5, 5.41) is 9.95. The Morgan fingerprint density at radius 2 is 1.53 bits per heavy atom. The van der Waals surface area contributed by atoms with Crippen LogP contribution >= 0.6 is 0 Å². The van der Waals surface area contributed by atoms with E-state index in [1.54, 1.807) is 6.92 Å². The number of hydrogen-bond acceptors (Lipinski definition) is 5. The van der Waals surface area contributed by atoms with Crippen LogP contribution in [0.15, 0.2) is 83.3 Å². The molecule has 3 aromatic carbocycles. The van der Waals surface area contributed by atoms with E-state index in [1.807, 2.05) is 85.8 Å². The molecule has 0 saturated carbocycles. The smallest absolute Gasteiger partial charge is 0.348 e. The average Bonchev–Trinajstić information content (AvgIpc) is 3.25. The Balaban J connectivity index is 1.34. The molecule has 6 heteroatoms. The SMILES string of the molecule is Cc1oc(-c2ccccc2)nc1CCOc1ccc(CC(C)(Oc2ccc(C(C)(C)C)cc2)C(=O)O)cc1. The summed E-state index contributed by atoms with van der Waals surface area (Å²) in [6, 6.07) is 24.9. The van der Waals surface area contributed by atoms with Gasteiger partial charge in [0, 0.05) is 18.4 Å². The van der Waals surface area contributed by atoms with Crippen LogP contribution in [-0.4, -0.2) is 28.3 Å². The van der Waals surface area contributed by atoms with Crippen molar-refractivity contribution < 1.29 is 23.8 Å². The second-order valence-corrected chi connectivity index (χ2v) is 10.7. The second kappa shape index (κ2) is 11.1. The summed E-state index contributed by atoms with van der Waals surface area (Å²) in [4.78, 5) is 16.8. The van der Waals surface area contributed by atoms with Crippen LogP contribution in [0, 0.1) is 6.92 Å². The first kappa shape index (κ1) is 27.0. The van der Waals surface area contributed by atoms with E-state index < -0.39 is 11.6 Å². The minimum Gasteiger partial charge on any atom is -0.493 e. The highest BCUT2D eigenvalue weighted by Gasteiger charge is 2.36. The third-order valence-electron chi connectivity index (χ3n) is 6.50. The molecule has 4 rings (SSSR count). The van der Waals surface area contributed by atoms with Gasteiger partial charge in [0.05, 0.1) is 12.3 Å². The van der Waals surface area contributed by atoms with Gasteiger partial charge in [0.1, 0.15) is 17.3 Å². The lowest BCUT2D eigenvalue weighted by molar-refractivity contribution is -0.153. The van der Waals surface area contributed by atoms with Gasteiger partial charge in [-0.15, -0.1) is 0 Å². The first-order valence-corrected chi connectivity index (χ1v) is 12.8. The number of hydrogen-bond donors (Lipinski definition) is 1. The van der Waals surface area contributed by atoms with Gasteiger partial charge >= 0.3 is 5.97 Å². The Bertz CT molecular complexity index is 1350. The van der Waals surface area contributed by atoms with Gasteiger partial charge in [-0.3, -0.25) is 0 Å². The Kier molecular flexibility index (Phi) is 7.91. The topological polar surface area (TPSA) is 81.8 Å². The number of carboxylic acids is 1. The third-order valence-corrected chi connectivity index (χ3v) is 6.50. The predicted molar refractivity (Wildman–Crippen MR) is 148 cm³/mol. The molecule has 1 heterocycles. The molecular weight excluding hydrogens is 478 g/mol. The minimum absolute atomic E-state index is 0.0113. The van der Waals surface area contributed by atoms with Crippen molar-refractivity contribution >= 4 is 5.97 Å². The van der Waals surface area contributed by atoms with E-state index in [9.17, 15) is 9.90 Å². The maximum absolute atomic E-state index is 12.2. The molecule has 0 spiro atoms. The number of oxazole rings is 1. The van der Waals surface area contributed by atoms with E-state index in [2.05, 4.69) is 25.8 Å². The van der Waals surface area contributed by atoms with Crippen LogP contribution < -0.4 is 9.47 Å². The van der Waals surface area contributed by atoms with E-state index in [-0.39, 0.29) is 11.8 Å². The molecule has 0 aliphatic carbocycles. The van der Waals surface area contributed by atoms with Gasteiger partial charge in [0.2, 0.25) is 11.5 Å². The number of rotatable bonds is 10. The van der Waals surface area contributed by atoms with Crippen molar-refractivity contribution in [2.75, 3.05) is 6.61 Å². The fourth-order valence-electron chi connectivity index (χ4n) is 4.16. The first-order valence-electron chi connectivity index (χ1n) is 12.8. The van der Waals surface area contributed by atoms with Gasteiger partial charge in [-0.05, 0) is 66.8 Å². The van der Waals surface area contributed by atoms with Crippen molar-refractivity contribution in [2.45, 2.75) is 58.5 Å². The van der Waals surface area contributed by atoms with Gasteiger partial charge in [0.15, 0.2) is 0 Å². The molecular formula is C32H35NO5. The molecule has 0 aliphatic heterocycles. The Morgan fingerprint density at radius 1 is 0.895 bits per heavy atom. The molecule has 1 N–H and O–H groups in total. The Labute approximate surface area is 224 Å². The van der Waals surface area contributed by atoms with Crippen molar-refractivity contribution in [1.82, 2.24) is 4.98 Å². The molecule has 6 nitrogen and oxygen atoms in total. The summed E-state index contributed by atoms with van der Waals surface area (Å²) >= 11 is 0. The summed E-state index contributed by atoms with van der Waals surface area (Å²) < 4.78 is 17.7. The number of benzene rings is 3. The minimum atomic E-state index is -1.41. The number of carbonyl (C=O) groups is 1. The van der Waals surface area contributed by atoms with Crippen molar-refractivity contribution in [2.24, 2.45) is 0 Å². The number of aliphatic carboxylic acids is 1. The summed E-state index contributed by atoms with van der Waals surface area (Å²) in [5.41, 5.74) is 2.41. The van der Waals surface area contributed by atoms with Crippen LogP contribution in [0.5, 0.6) is 11.5 Å². The lowest BCUT2D eigenvalue weighted by atomic mass is 9.87. The molecule has 0 fully saturated rings. The molecule has 0 saturated heterocycles. The van der Waals surface area contributed by atoms with Crippen molar-refractivity contribution in [3.63, 3.8) is 0 Å². The monoisotopic (exact) mass is 513 g/mol. The molecule has 1 unspecified atom stereocenters. The van der Waals surface area contributed by atoms with Gasteiger partial charge < -0.3 is 19.0 Å². The molecule has 0 aliphatic rings. The molecule has 38 heavy (non-hydrogen) atoms. The van der Waals surface area contributed by atoms with E-state index in [0.717, 1.165) is 28.1 Å². The number of nitrogens with zero attached hydrogens (tertiary/aromatic N) is 1. The molecule has 4 aromatic rings. The Hall–Kier alpha value is -4.06. The van der Waals surface area contributed by atoms with Crippen LogP contribution in [-0.2, 0) is 23.1 Å². The molecule has 0 amide bonds. The highest BCUT2D eigenvalue weighted by Crippen LogP contribution is 2.28. The molecule has 198 valence electrons. The van der Waals surface area contributed by atoms with Crippen LogP contribution in [0.3, 0.4) is 0 Å². The summed E-state index contributed by atoms with van der Waals surface area (Å²) in [6.45, 7) is 10.4. The average molecular weight is 514 g/mol. The standard InChI is InChI=1S/C32H35NO5/c1-22-28(33-29(37-22)24-9-7-6-8-10-24)19-20-36-26-15-11-23(12-16-26)21-32(5,30(34)35)38-27-17-13-25(14-18-27)31(2,3)4/h6-18H,19-21H2,1-5H3,(H,34,35). The second-order valence-electron chi connectivity index (χ2n) is 10.7. The number of ether oxygens (including phenoxy) is 2. The van der Waals surface area contributed by atoms with E-state index in [4.69, 9.17) is 13.9 Å². The molecule has 1 atom stereocenters. The zero-order valence-corrected chi connectivity index (χ0v) is 22.7. The van der Waals surface area contributed by atoms with Gasteiger partial charge in [-0.1, -0.05) is 63.2 Å². The fraction of sp³-hybridized carbons (Fsp3) is 0.312. The maximum atomic E-state index is 12.2. The van der Waals surface area contributed by atoms with E-state index >= 15 is 0 Å². The molecule has 0 radical (unpaired) electrons. The zero-order valence-electron chi connectivity index (χ0n) is 22.7. The zero-order chi connectivity index (χ0) is 27.3. The largest absolute Gasteiger partial charge is 0.493 e. The summed E-state index contributed by atoms with van der Waals surface area (Å²) in [6.07, 6.45) is 0.826.